The minimum atomic E-state index is -4.39. The lowest BCUT2D eigenvalue weighted by Crippen LogP contribution is -2.36. The van der Waals surface area contributed by atoms with E-state index in [0.29, 0.717) is 18.7 Å². The van der Waals surface area contributed by atoms with Gasteiger partial charge in [-0.15, -0.1) is 0 Å². The van der Waals surface area contributed by atoms with Crippen molar-refractivity contribution in [2.45, 2.75) is 76.2 Å². The molecule has 0 bridgehead atoms. The molecule has 2 aliphatic carbocycles. The van der Waals surface area contributed by atoms with Gasteiger partial charge in [0.2, 0.25) is 11.9 Å². The van der Waals surface area contributed by atoms with E-state index in [1.165, 1.54) is 6.92 Å². The molecular formula is C17H24F3N5O. The molecule has 144 valence electrons. The van der Waals surface area contributed by atoms with Crippen LogP contribution in [0, 0.1) is 0 Å². The molecule has 1 aromatic rings. The molecule has 9 heteroatoms. The summed E-state index contributed by atoms with van der Waals surface area (Å²) in [7, 11) is 0. The first kappa shape index (κ1) is 18.9. The fourth-order valence-electron chi connectivity index (χ4n) is 2.88. The van der Waals surface area contributed by atoms with Crippen molar-refractivity contribution < 1.29 is 18.3 Å². The van der Waals surface area contributed by atoms with Crippen LogP contribution >= 0.6 is 0 Å². The van der Waals surface area contributed by atoms with Crippen molar-refractivity contribution in [3.8, 4) is 0 Å². The van der Waals surface area contributed by atoms with E-state index in [2.05, 4.69) is 25.6 Å². The molecule has 0 saturated heterocycles. The second kappa shape index (κ2) is 7.02. The zero-order valence-electron chi connectivity index (χ0n) is 14.9. The molecule has 6 nitrogen and oxygen atoms in total. The van der Waals surface area contributed by atoms with Crippen molar-refractivity contribution in [3.63, 3.8) is 0 Å². The number of hydrogen-bond donors (Lipinski definition) is 3. The normalized spacial score (nSPS) is 23.2. The van der Waals surface area contributed by atoms with E-state index < -0.39 is 18.3 Å². The Bertz CT molecular complexity index is 687. The van der Waals surface area contributed by atoms with Gasteiger partial charge in [-0.2, -0.15) is 28.1 Å². The Hall–Kier alpha value is -1.90. The smallest absolute Gasteiger partial charge is 0.389 e. The zero-order valence-corrected chi connectivity index (χ0v) is 14.9. The summed E-state index contributed by atoms with van der Waals surface area (Å²) in [6.45, 7) is 3.47. The first-order chi connectivity index (χ1) is 12.2. The molecule has 1 heterocycles. The average Bonchev–Trinajstić information content (AvgIpc) is 3.28. The molecule has 0 aliphatic heterocycles. The predicted molar refractivity (Wildman–Crippen MR) is 92.7 cm³/mol. The number of hydrogen-bond acceptors (Lipinski definition) is 6. The molecule has 3 rings (SSSR count). The second-order valence-electron chi connectivity index (χ2n) is 7.29. The van der Waals surface area contributed by atoms with Crippen LogP contribution < -0.4 is 10.6 Å². The van der Waals surface area contributed by atoms with Gasteiger partial charge < -0.3 is 15.7 Å². The molecule has 0 amide bonds. The highest BCUT2D eigenvalue weighted by Gasteiger charge is 2.40. The number of nitrogens with one attached hydrogen (secondary N) is 2. The second-order valence-corrected chi connectivity index (χ2v) is 7.29. The maximum atomic E-state index is 13.1. The predicted octanol–water partition coefficient (Wildman–Crippen LogP) is 3.52. The highest BCUT2D eigenvalue weighted by Crippen LogP contribution is 2.38. The number of halogens is 3. The Morgan fingerprint density at radius 3 is 2.54 bits per heavy atom. The van der Waals surface area contributed by atoms with Gasteiger partial charge in [0, 0.05) is 5.54 Å². The largest absolute Gasteiger partial charge is 0.408 e. The summed E-state index contributed by atoms with van der Waals surface area (Å²) in [4.78, 5) is 12.7. The number of aromatic nitrogens is 3. The van der Waals surface area contributed by atoms with Gasteiger partial charge in [-0.3, -0.25) is 0 Å². The number of alkyl halides is 3. The lowest BCUT2D eigenvalue weighted by atomic mass is 9.97. The van der Waals surface area contributed by atoms with Gasteiger partial charge in [0.25, 0.3) is 0 Å². The van der Waals surface area contributed by atoms with Crippen LogP contribution in [0.25, 0.3) is 5.57 Å². The molecule has 1 aromatic heterocycles. The average molecular weight is 371 g/mol. The summed E-state index contributed by atoms with van der Waals surface area (Å²) in [5, 5.41) is 15.4. The Morgan fingerprint density at radius 2 is 1.96 bits per heavy atom. The Balaban J connectivity index is 1.92. The maximum absolute atomic E-state index is 13.1. The number of anilines is 2. The van der Waals surface area contributed by atoms with Crippen LogP contribution in [-0.4, -0.2) is 43.9 Å². The summed E-state index contributed by atoms with van der Waals surface area (Å²) in [5.74, 6) is 0.465. The van der Waals surface area contributed by atoms with Gasteiger partial charge in [0.05, 0.1) is 6.10 Å². The van der Waals surface area contributed by atoms with E-state index in [0.717, 1.165) is 24.8 Å². The van der Waals surface area contributed by atoms with Crippen molar-refractivity contribution in [2.24, 2.45) is 0 Å². The van der Waals surface area contributed by atoms with E-state index >= 15 is 0 Å². The summed E-state index contributed by atoms with van der Waals surface area (Å²) in [5.41, 5.74) is 0.614. The van der Waals surface area contributed by atoms with Crippen LogP contribution in [0.5, 0.6) is 0 Å². The van der Waals surface area contributed by atoms with Crippen LogP contribution in [0.3, 0.4) is 0 Å². The van der Waals surface area contributed by atoms with Crippen molar-refractivity contribution >= 4 is 17.5 Å². The quantitative estimate of drug-likeness (QED) is 0.710. The molecule has 0 spiro atoms. The number of aliphatic hydroxyl groups excluding tert-OH is 1. The minimum absolute atomic E-state index is 0.105. The summed E-state index contributed by atoms with van der Waals surface area (Å²) < 4.78 is 39.3. The van der Waals surface area contributed by atoms with Crippen molar-refractivity contribution in [3.05, 3.63) is 11.9 Å². The van der Waals surface area contributed by atoms with Gasteiger partial charge in [-0.05, 0) is 57.1 Å². The van der Waals surface area contributed by atoms with E-state index in [1.807, 2.05) is 6.92 Å². The number of allylic oxidation sites excluding steroid dienone is 1. The zero-order chi connectivity index (χ0) is 18.9. The Labute approximate surface area is 150 Å². The molecule has 0 radical (unpaired) electrons. The fourth-order valence-corrected chi connectivity index (χ4v) is 2.88. The topological polar surface area (TPSA) is 83.0 Å². The molecule has 26 heavy (non-hydrogen) atoms. The lowest BCUT2D eigenvalue weighted by Gasteiger charge is -2.22. The van der Waals surface area contributed by atoms with Gasteiger partial charge >= 0.3 is 6.18 Å². The van der Waals surface area contributed by atoms with E-state index in [9.17, 15) is 18.3 Å². The van der Waals surface area contributed by atoms with Crippen molar-refractivity contribution in [1.82, 2.24) is 15.0 Å². The van der Waals surface area contributed by atoms with Gasteiger partial charge in [-0.25, -0.2) is 0 Å². The van der Waals surface area contributed by atoms with E-state index in [-0.39, 0.29) is 23.9 Å². The van der Waals surface area contributed by atoms with E-state index in [1.54, 1.807) is 6.08 Å². The van der Waals surface area contributed by atoms with Crippen LogP contribution in [0.4, 0.5) is 25.1 Å². The van der Waals surface area contributed by atoms with Crippen molar-refractivity contribution in [2.75, 3.05) is 10.6 Å². The third-order valence-electron chi connectivity index (χ3n) is 4.78. The van der Waals surface area contributed by atoms with E-state index in [4.69, 9.17) is 0 Å². The van der Waals surface area contributed by atoms with Crippen molar-refractivity contribution in [1.29, 1.82) is 0 Å². The molecule has 1 fully saturated rings. The molecule has 2 atom stereocenters. The Morgan fingerprint density at radius 1 is 1.27 bits per heavy atom. The van der Waals surface area contributed by atoms with Crippen LogP contribution in [0.15, 0.2) is 6.08 Å². The Kier molecular flexibility index (Phi) is 5.09. The standard InChI is InChI=1S/C17H24F3N5O/c1-3-12(17(18,19)20)21-14-22-13(10-5-4-6-11(26)9-10)23-15(24-14)25-16(2)7-8-16/h9,11-12,26H,3-8H2,1-2H3,(H2,21,22,23,24,25)/t11?,12-/m1/s1. The molecule has 1 unspecified atom stereocenters. The highest BCUT2D eigenvalue weighted by molar-refractivity contribution is 5.63. The SMILES string of the molecule is CC[C@@H](Nc1nc(NC2(C)CC2)nc(C2=CC(O)CCC2)n1)C(F)(F)F. The maximum Gasteiger partial charge on any atom is 0.408 e. The first-order valence-electron chi connectivity index (χ1n) is 8.95. The first-order valence-corrected chi connectivity index (χ1v) is 8.95. The molecule has 0 aromatic carbocycles. The van der Waals surface area contributed by atoms with Crippen LogP contribution in [0.2, 0.25) is 0 Å². The highest BCUT2D eigenvalue weighted by atomic mass is 19.4. The van der Waals surface area contributed by atoms with Crippen LogP contribution in [0.1, 0.15) is 58.2 Å². The lowest BCUT2D eigenvalue weighted by molar-refractivity contribution is -0.143. The summed E-state index contributed by atoms with van der Waals surface area (Å²) in [6.07, 6.45) is 0.598. The third kappa shape index (κ3) is 4.63. The molecule has 3 N–H and O–H groups in total. The van der Waals surface area contributed by atoms with Crippen LogP contribution in [-0.2, 0) is 0 Å². The number of aliphatic hydroxyl groups is 1. The fraction of sp³-hybridized carbons (Fsp3) is 0.706. The summed E-state index contributed by atoms with van der Waals surface area (Å²) in [6, 6.07) is -1.73. The molecule has 2 aliphatic rings. The van der Waals surface area contributed by atoms with Gasteiger partial charge in [0.15, 0.2) is 5.82 Å². The summed E-state index contributed by atoms with van der Waals surface area (Å²) >= 11 is 0. The van der Waals surface area contributed by atoms with Gasteiger partial charge in [0.1, 0.15) is 6.04 Å². The minimum Gasteiger partial charge on any atom is -0.389 e. The molecule has 1 saturated carbocycles. The monoisotopic (exact) mass is 371 g/mol. The third-order valence-corrected chi connectivity index (χ3v) is 4.78. The molecular weight excluding hydrogens is 347 g/mol. The number of nitrogens with zero attached hydrogens (tertiary/aromatic N) is 3. The number of rotatable bonds is 6. The van der Waals surface area contributed by atoms with Gasteiger partial charge in [-0.1, -0.05) is 6.92 Å².